The number of benzene rings is 1. The van der Waals surface area contributed by atoms with E-state index in [0.29, 0.717) is 12.5 Å². The molecule has 20 heavy (non-hydrogen) atoms. The molecular formula is C12H13FN2O4S. The molecule has 0 aliphatic heterocycles. The van der Waals surface area contributed by atoms with E-state index in [1.165, 1.54) is 6.92 Å². The summed E-state index contributed by atoms with van der Waals surface area (Å²) in [6.07, 6.45) is 0.317. The molecule has 0 heterocycles. The van der Waals surface area contributed by atoms with Crippen LogP contribution in [0.15, 0.2) is 17.0 Å². The van der Waals surface area contributed by atoms with Gasteiger partial charge in [-0.1, -0.05) is 0 Å². The van der Waals surface area contributed by atoms with Crippen molar-refractivity contribution in [3.8, 4) is 11.8 Å². The Kier molecular flexibility index (Phi) is 5.19. The molecule has 108 valence electrons. The number of rotatable bonds is 5. The number of nitro groups is 1. The first-order chi connectivity index (χ1) is 9.29. The van der Waals surface area contributed by atoms with Gasteiger partial charge in [0.1, 0.15) is 0 Å². The van der Waals surface area contributed by atoms with Crippen LogP contribution in [0.5, 0.6) is 0 Å². The predicted octanol–water partition coefficient (Wildman–Crippen LogP) is 1.73. The maximum absolute atomic E-state index is 13.5. The Morgan fingerprint density at radius 1 is 1.45 bits per heavy atom. The third-order valence-corrected chi connectivity index (χ3v) is 3.88. The summed E-state index contributed by atoms with van der Waals surface area (Å²) < 4.78 is 39.6. The number of hydrogen-bond acceptors (Lipinski definition) is 4. The highest BCUT2D eigenvalue weighted by Crippen LogP contribution is 2.24. The van der Waals surface area contributed by atoms with Gasteiger partial charge >= 0.3 is 5.69 Å². The highest BCUT2D eigenvalue weighted by molar-refractivity contribution is 7.89. The molecule has 0 aromatic heterocycles. The number of aryl methyl sites for hydroxylation is 1. The predicted molar refractivity (Wildman–Crippen MR) is 71.0 cm³/mol. The largest absolute Gasteiger partial charge is 0.306 e. The number of nitrogens with zero attached hydrogens (tertiary/aromatic N) is 1. The molecule has 0 aliphatic rings. The summed E-state index contributed by atoms with van der Waals surface area (Å²) in [5.74, 6) is 4.25. The van der Waals surface area contributed by atoms with Gasteiger partial charge in [-0.2, -0.15) is 4.39 Å². The Morgan fingerprint density at radius 2 is 2.10 bits per heavy atom. The Morgan fingerprint density at radius 3 is 2.65 bits per heavy atom. The van der Waals surface area contributed by atoms with E-state index in [2.05, 4.69) is 16.6 Å². The SMILES string of the molecule is CC#CCCNS(=O)(=O)c1cc(C)c(F)c([N+](=O)[O-])c1. The maximum Gasteiger partial charge on any atom is 0.306 e. The molecule has 0 atom stereocenters. The van der Waals surface area contributed by atoms with Crippen LogP contribution >= 0.6 is 0 Å². The zero-order chi connectivity index (χ0) is 15.3. The number of nitrogens with one attached hydrogen (secondary N) is 1. The van der Waals surface area contributed by atoms with Gasteiger partial charge < -0.3 is 0 Å². The standard InChI is InChI=1S/C12H13FN2O4S/c1-3-4-5-6-14-20(18,19)10-7-9(2)12(13)11(8-10)15(16)17/h7-8,14H,5-6H2,1-2H3. The van der Waals surface area contributed by atoms with Crippen molar-refractivity contribution in [3.63, 3.8) is 0 Å². The zero-order valence-electron chi connectivity index (χ0n) is 10.9. The molecule has 1 aromatic carbocycles. The topological polar surface area (TPSA) is 89.3 Å². The molecule has 1 N–H and O–H groups in total. The molecule has 0 spiro atoms. The quantitative estimate of drug-likeness (QED) is 0.388. The fraction of sp³-hybridized carbons (Fsp3) is 0.333. The van der Waals surface area contributed by atoms with E-state index in [-0.39, 0.29) is 17.0 Å². The van der Waals surface area contributed by atoms with Crippen molar-refractivity contribution in [2.24, 2.45) is 0 Å². The Bertz CT molecular complexity index is 689. The molecule has 8 heteroatoms. The molecular weight excluding hydrogens is 287 g/mol. The van der Waals surface area contributed by atoms with Crippen molar-refractivity contribution >= 4 is 15.7 Å². The molecule has 0 saturated carbocycles. The summed E-state index contributed by atoms with van der Waals surface area (Å²) in [5.41, 5.74) is -0.966. The lowest BCUT2D eigenvalue weighted by molar-refractivity contribution is -0.387. The van der Waals surface area contributed by atoms with Crippen molar-refractivity contribution < 1.29 is 17.7 Å². The van der Waals surface area contributed by atoms with Crippen LogP contribution in [0.2, 0.25) is 0 Å². The molecule has 1 aromatic rings. The van der Waals surface area contributed by atoms with Crippen molar-refractivity contribution in [1.29, 1.82) is 0 Å². The Balaban J connectivity index is 3.11. The van der Waals surface area contributed by atoms with Crippen LogP contribution in [-0.4, -0.2) is 19.9 Å². The minimum absolute atomic E-state index is 0.0768. The van der Waals surface area contributed by atoms with Crippen LogP contribution < -0.4 is 4.72 Å². The molecule has 1 rings (SSSR count). The first-order valence-corrected chi connectivity index (χ1v) is 7.11. The molecule has 0 fully saturated rings. The van der Waals surface area contributed by atoms with Gasteiger partial charge in [-0.15, -0.1) is 11.8 Å². The lowest BCUT2D eigenvalue weighted by Crippen LogP contribution is -2.25. The highest BCUT2D eigenvalue weighted by atomic mass is 32.2. The minimum Gasteiger partial charge on any atom is -0.258 e. The van der Waals surface area contributed by atoms with Crippen molar-refractivity contribution in [2.45, 2.75) is 25.2 Å². The second-order valence-corrected chi connectivity index (χ2v) is 5.67. The van der Waals surface area contributed by atoms with Crippen LogP contribution in [0.25, 0.3) is 0 Å². The molecule has 0 amide bonds. The van der Waals surface area contributed by atoms with E-state index < -0.39 is 26.5 Å². The minimum atomic E-state index is -3.92. The van der Waals surface area contributed by atoms with Gasteiger partial charge in [0.15, 0.2) is 0 Å². The van der Waals surface area contributed by atoms with Crippen molar-refractivity contribution in [1.82, 2.24) is 4.72 Å². The average Bonchev–Trinajstić information content (AvgIpc) is 2.37. The Labute approximate surface area is 116 Å². The number of halogens is 1. The van der Waals surface area contributed by atoms with Crippen molar-refractivity contribution in [3.05, 3.63) is 33.6 Å². The van der Waals surface area contributed by atoms with Gasteiger partial charge in [0.05, 0.1) is 9.82 Å². The maximum atomic E-state index is 13.5. The van der Waals surface area contributed by atoms with Crippen LogP contribution in [0, 0.1) is 34.7 Å². The summed E-state index contributed by atoms with van der Waals surface area (Å²) in [4.78, 5) is 9.39. The van der Waals surface area contributed by atoms with E-state index in [0.717, 1.165) is 6.07 Å². The van der Waals surface area contributed by atoms with Gasteiger partial charge in [0, 0.05) is 19.0 Å². The molecule has 6 nitrogen and oxygen atoms in total. The summed E-state index contributed by atoms with van der Waals surface area (Å²) in [6, 6.07) is 1.76. The van der Waals surface area contributed by atoms with E-state index in [1.54, 1.807) is 6.92 Å². The summed E-state index contributed by atoms with van der Waals surface area (Å²) in [5, 5.41) is 10.7. The van der Waals surface area contributed by atoms with Crippen LogP contribution in [0.4, 0.5) is 10.1 Å². The van der Waals surface area contributed by atoms with Gasteiger partial charge in [0.25, 0.3) is 0 Å². The first-order valence-electron chi connectivity index (χ1n) is 5.63. The monoisotopic (exact) mass is 300 g/mol. The summed E-state index contributed by atoms with van der Waals surface area (Å²) >= 11 is 0. The molecule has 0 bridgehead atoms. The normalized spacial score (nSPS) is 10.8. The smallest absolute Gasteiger partial charge is 0.258 e. The molecule has 0 unspecified atom stereocenters. The van der Waals surface area contributed by atoms with Crippen LogP contribution in [0.1, 0.15) is 18.9 Å². The third kappa shape index (κ3) is 3.76. The van der Waals surface area contributed by atoms with Crippen LogP contribution in [-0.2, 0) is 10.0 Å². The van der Waals surface area contributed by atoms with E-state index >= 15 is 0 Å². The van der Waals surface area contributed by atoms with Crippen molar-refractivity contribution in [2.75, 3.05) is 6.54 Å². The second-order valence-electron chi connectivity index (χ2n) is 3.90. The van der Waals surface area contributed by atoms with Gasteiger partial charge in [-0.25, -0.2) is 13.1 Å². The Hall–Kier alpha value is -1.98. The summed E-state index contributed by atoms with van der Waals surface area (Å²) in [7, 11) is -3.92. The van der Waals surface area contributed by atoms with E-state index in [4.69, 9.17) is 0 Å². The summed E-state index contributed by atoms with van der Waals surface area (Å²) in [6.45, 7) is 2.97. The average molecular weight is 300 g/mol. The number of hydrogen-bond donors (Lipinski definition) is 1. The molecule has 0 aliphatic carbocycles. The zero-order valence-corrected chi connectivity index (χ0v) is 11.8. The second kappa shape index (κ2) is 6.45. The fourth-order valence-electron chi connectivity index (χ4n) is 1.46. The first kappa shape index (κ1) is 16.1. The van der Waals surface area contributed by atoms with E-state index in [1.807, 2.05) is 0 Å². The fourth-order valence-corrected chi connectivity index (χ4v) is 2.60. The highest BCUT2D eigenvalue weighted by Gasteiger charge is 2.23. The number of nitro benzene ring substituents is 1. The van der Waals surface area contributed by atoms with Gasteiger partial charge in [0.2, 0.25) is 15.8 Å². The number of sulfonamides is 1. The van der Waals surface area contributed by atoms with Gasteiger partial charge in [-0.05, 0) is 25.5 Å². The third-order valence-electron chi connectivity index (χ3n) is 2.43. The molecule has 0 saturated heterocycles. The van der Waals surface area contributed by atoms with E-state index in [9.17, 15) is 22.9 Å². The lowest BCUT2D eigenvalue weighted by Gasteiger charge is -2.07. The van der Waals surface area contributed by atoms with Gasteiger partial charge in [-0.3, -0.25) is 10.1 Å². The molecule has 0 radical (unpaired) electrons. The lowest BCUT2D eigenvalue weighted by atomic mass is 10.2. The van der Waals surface area contributed by atoms with Crippen LogP contribution in [0.3, 0.4) is 0 Å².